The molecule has 0 amide bonds. The highest BCUT2D eigenvalue weighted by Gasteiger charge is 2.38. The highest BCUT2D eigenvalue weighted by atomic mass is 32.1. The number of morpholine rings is 1. The van der Waals surface area contributed by atoms with E-state index in [1.54, 1.807) is 11.6 Å². The minimum atomic E-state index is -0.503. The fourth-order valence-electron chi connectivity index (χ4n) is 2.70. The third kappa shape index (κ3) is 2.47. The molecule has 114 valence electrons. The minimum Gasteiger partial charge on any atom is -0.394 e. The van der Waals surface area contributed by atoms with Crippen LogP contribution in [-0.2, 0) is 4.74 Å². The minimum absolute atomic E-state index is 0.0411. The van der Waals surface area contributed by atoms with Crippen LogP contribution in [0.5, 0.6) is 0 Å². The summed E-state index contributed by atoms with van der Waals surface area (Å²) < 4.78 is 7.22. The maximum atomic E-state index is 11.4. The molecule has 0 spiro atoms. The van der Waals surface area contributed by atoms with E-state index in [4.69, 9.17) is 4.74 Å². The summed E-state index contributed by atoms with van der Waals surface area (Å²) in [5.41, 5.74) is -0.503. The summed E-state index contributed by atoms with van der Waals surface area (Å²) in [6, 6.07) is 0. The van der Waals surface area contributed by atoms with Crippen LogP contribution in [-0.4, -0.2) is 50.8 Å². The first kappa shape index (κ1) is 14.2. The summed E-state index contributed by atoms with van der Waals surface area (Å²) in [6.45, 7) is 4.52. The predicted octanol–water partition coefficient (Wildman–Crippen LogP) is 1.28. The number of rotatable bonds is 3. The van der Waals surface area contributed by atoms with Crippen LogP contribution in [0.4, 0.5) is 11.6 Å². The van der Waals surface area contributed by atoms with Gasteiger partial charge >= 0.3 is 5.82 Å². The van der Waals surface area contributed by atoms with Gasteiger partial charge < -0.3 is 24.9 Å². The summed E-state index contributed by atoms with van der Waals surface area (Å²) in [5, 5.41) is 22.5. The third-order valence-corrected chi connectivity index (χ3v) is 4.13. The lowest BCUT2D eigenvalue weighted by Crippen LogP contribution is -2.54. The van der Waals surface area contributed by atoms with Crippen LogP contribution < -0.4 is 4.90 Å². The van der Waals surface area contributed by atoms with Crippen molar-refractivity contribution in [1.29, 1.82) is 0 Å². The zero-order valence-corrected chi connectivity index (χ0v) is 12.5. The van der Waals surface area contributed by atoms with Crippen molar-refractivity contribution in [1.82, 2.24) is 9.38 Å². The number of hydrogen-bond acceptors (Lipinski definition) is 7. The standard InChI is InChI=1S/C12H16N4O4S/c1-12(2)7-14(5-8(6-17)20-12)9-10(16(18)19)15-3-4-21-11(15)13-9/h3-4,8,17H,5-7H2,1-2H3. The zero-order chi connectivity index (χ0) is 15.2. The van der Waals surface area contributed by atoms with Crippen LogP contribution in [0.3, 0.4) is 0 Å². The van der Waals surface area contributed by atoms with Gasteiger partial charge in [-0.25, -0.2) is 0 Å². The van der Waals surface area contributed by atoms with Crippen LogP contribution in [0.15, 0.2) is 11.6 Å². The van der Waals surface area contributed by atoms with Gasteiger partial charge in [0.05, 0.1) is 18.3 Å². The normalized spacial score (nSPS) is 21.9. The number of nitrogens with zero attached hydrogens (tertiary/aromatic N) is 4. The average molecular weight is 312 g/mol. The number of aliphatic hydroxyl groups excluding tert-OH is 1. The number of aromatic nitrogens is 2. The van der Waals surface area contributed by atoms with Gasteiger partial charge in [-0.1, -0.05) is 11.3 Å². The Balaban J connectivity index is 2.04. The number of imidazole rings is 1. The molecule has 21 heavy (non-hydrogen) atoms. The number of nitro groups is 1. The van der Waals surface area contributed by atoms with Crippen molar-refractivity contribution in [2.75, 3.05) is 24.6 Å². The molecule has 0 saturated carbocycles. The topological polar surface area (TPSA) is 93.1 Å². The monoisotopic (exact) mass is 312 g/mol. The maximum Gasteiger partial charge on any atom is 0.373 e. The molecule has 9 heteroatoms. The second kappa shape index (κ2) is 4.93. The molecule has 3 rings (SSSR count). The highest BCUT2D eigenvalue weighted by molar-refractivity contribution is 7.15. The first-order chi connectivity index (χ1) is 9.91. The number of aliphatic hydroxyl groups is 1. The third-order valence-electron chi connectivity index (χ3n) is 3.38. The Morgan fingerprint density at radius 1 is 1.67 bits per heavy atom. The van der Waals surface area contributed by atoms with Gasteiger partial charge in [0.2, 0.25) is 5.82 Å². The lowest BCUT2D eigenvalue weighted by Gasteiger charge is -2.42. The number of ether oxygens (including phenoxy) is 1. The Kier molecular flexibility index (Phi) is 3.34. The molecule has 1 saturated heterocycles. The predicted molar refractivity (Wildman–Crippen MR) is 78.0 cm³/mol. The first-order valence-corrected chi connectivity index (χ1v) is 7.43. The van der Waals surface area contributed by atoms with Gasteiger partial charge in [-0.15, -0.1) is 0 Å². The fraction of sp³-hybridized carbons (Fsp3) is 0.583. The number of hydrogen-bond donors (Lipinski definition) is 1. The van der Waals surface area contributed by atoms with Gasteiger partial charge in [0.25, 0.3) is 4.96 Å². The zero-order valence-electron chi connectivity index (χ0n) is 11.7. The summed E-state index contributed by atoms with van der Waals surface area (Å²) in [7, 11) is 0. The summed E-state index contributed by atoms with van der Waals surface area (Å²) in [5.74, 6) is 0.294. The van der Waals surface area contributed by atoms with Gasteiger partial charge in [-0.3, -0.25) is 0 Å². The number of fused-ring (bicyclic) bond motifs is 1. The van der Waals surface area contributed by atoms with E-state index in [-0.39, 0.29) is 18.5 Å². The lowest BCUT2D eigenvalue weighted by atomic mass is 10.1. The van der Waals surface area contributed by atoms with E-state index in [9.17, 15) is 15.2 Å². The molecular formula is C12H16N4O4S. The Bertz CT molecular complexity index is 680. The van der Waals surface area contributed by atoms with Crippen molar-refractivity contribution in [3.63, 3.8) is 0 Å². The quantitative estimate of drug-likeness (QED) is 0.678. The average Bonchev–Trinajstić information content (AvgIpc) is 2.95. The lowest BCUT2D eigenvalue weighted by molar-refractivity contribution is -0.389. The van der Waals surface area contributed by atoms with Crippen LogP contribution in [0.1, 0.15) is 13.8 Å². The van der Waals surface area contributed by atoms with Crippen molar-refractivity contribution in [2.45, 2.75) is 25.6 Å². The second-order valence-corrected chi connectivity index (χ2v) is 6.51. The molecule has 0 aromatic carbocycles. The van der Waals surface area contributed by atoms with Crippen molar-refractivity contribution in [2.24, 2.45) is 0 Å². The molecule has 2 aromatic rings. The molecule has 1 N–H and O–H groups in total. The molecule has 2 aromatic heterocycles. The van der Waals surface area contributed by atoms with Crippen molar-refractivity contribution >= 4 is 27.9 Å². The van der Waals surface area contributed by atoms with Crippen LogP contribution in [0.25, 0.3) is 4.96 Å². The second-order valence-electron chi connectivity index (χ2n) is 5.63. The van der Waals surface area contributed by atoms with Gasteiger partial charge in [0.15, 0.2) is 0 Å². The number of anilines is 1. The van der Waals surface area contributed by atoms with E-state index in [0.717, 1.165) is 0 Å². The molecule has 3 heterocycles. The van der Waals surface area contributed by atoms with E-state index in [0.29, 0.717) is 23.9 Å². The van der Waals surface area contributed by atoms with E-state index >= 15 is 0 Å². The van der Waals surface area contributed by atoms with E-state index < -0.39 is 10.5 Å². The Morgan fingerprint density at radius 2 is 2.43 bits per heavy atom. The molecule has 1 fully saturated rings. The van der Waals surface area contributed by atoms with Gasteiger partial charge in [0.1, 0.15) is 6.20 Å². The molecule has 0 radical (unpaired) electrons. The van der Waals surface area contributed by atoms with E-state index in [2.05, 4.69) is 4.98 Å². The van der Waals surface area contributed by atoms with Gasteiger partial charge in [-0.2, -0.15) is 9.38 Å². The molecule has 1 aliphatic rings. The Morgan fingerprint density at radius 3 is 3.10 bits per heavy atom. The van der Waals surface area contributed by atoms with Crippen LogP contribution in [0.2, 0.25) is 0 Å². The molecule has 8 nitrogen and oxygen atoms in total. The van der Waals surface area contributed by atoms with Crippen molar-refractivity contribution in [3.05, 3.63) is 21.7 Å². The van der Waals surface area contributed by atoms with Gasteiger partial charge in [-0.05, 0) is 18.8 Å². The van der Waals surface area contributed by atoms with Gasteiger partial charge in [0, 0.05) is 18.5 Å². The molecular weight excluding hydrogens is 296 g/mol. The fourth-order valence-corrected chi connectivity index (χ4v) is 3.40. The number of thiazole rings is 1. The van der Waals surface area contributed by atoms with E-state index in [1.165, 1.54) is 15.7 Å². The molecule has 1 unspecified atom stereocenters. The summed E-state index contributed by atoms with van der Waals surface area (Å²) in [6.07, 6.45) is 1.26. The molecule has 0 bridgehead atoms. The molecule has 1 aliphatic heterocycles. The molecule has 0 aliphatic carbocycles. The summed E-state index contributed by atoms with van der Waals surface area (Å²) >= 11 is 1.35. The van der Waals surface area contributed by atoms with Crippen LogP contribution in [0, 0.1) is 10.1 Å². The highest BCUT2D eigenvalue weighted by Crippen LogP contribution is 2.34. The molecule has 1 atom stereocenters. The Labute approximate surface area is 124 Å². The van der Waals surface area contributed by atoms with E-state index in [1.807, 2.05) is 18.7 Å². The Hall–Kier alpha value is -1.71. The van der Waals surface area contributed by atoms with Crippen molar-refractivity contribution in [3.8, 4) is 0 Å². The summed E-state index contributed by atoms with van der Waals surface area (Å²) in [4.78, 5) is 17.8. The maximum absolute atomic E-state index is 11.4. The first-order valence-electron chi connectivity index (χ1n) is 6.55. The SMILES string of the molecule is CC1(C)CN(c2nc3sccn3c2[N+](=O)[O-])CC(CO)O1. The smallest absolute Gasteiger partial charge is 0.373 e. The van der Waals surface area contributed by atoms with Crippen molar-refractivity contribution < 1.29 is 14.8 Å². The largest absolute Gasteiger partial charge is 0.394 e. The van der Waals surface area contributed by atoms with Crippen LogP contribution >= 0.6 is 11.3 Å².